The lowest BCUT2D eigenvalue weighted by atomic mass is 9.80. The Balaban J connectivity index is 2.54. The van der Waals surface area contributed by atoms with Crippen molar-refractivity contribution in [3.8, 4) is 5.75 Å². The van der Waals surface area contributed by atoms with Crippen molar-refractivity contribution in [2.75, 3.05) is 44.8 Å². The minimum Gasteiger partial charge on any atom is -0.508 e. The van der Waals surface area contributed by atoms with E-state index in [1.165, 1.54) is 30.8 Å². The molecule has 29 heteroatoms. The van der Waals surface area contributed by atoms with E-state index in [-0.39, 0.29) is 130 Å². The Morgan fingerprint density at radius 1 is 0.505 bits per heavy atom. The number of hydrogen-bond acceptors (Lipinski definition) is 19. The molecular weight excluding hydrogens is 1320 g/mol. The number of Topliss-reactive ketones (excluding diaryl/α,β-unsaturated/α-hetero) is 5. The van der Waals surface area contributed by atoms with Crippen LogP contribution in [0.5, 0.6) is 5.75 Å². The molecular formula is C72H124N14O14S. The highest BCUT2D eigenvalue weighted by Crippen LogP contribution is 2.32. The lowest BCUT2D eigenvalue weighted by Gasteiger charge is -2.29. The zero-order chi connectivity index (χ0) is 75.7. The number of phenols is 1. The Kier molecular flexibility index (Phi) is 44.1. The smallest absolute Gasteiger partial charge is 0.224 e. The van der Waals surface area contributed by atoms with Crippen LogP contribution in [0.2, 0.25) is 0 Å². The van der Waals surface area contributed by atoms with Crippen molar-refractivity contribution in [3.63, 3.8) is 0 Å². The maximum atomic E-state index is 14.8. The summed E-state index contributed by atoms with van der Waals surface area (Å²) < 4.78 is 0. The molecule has 22 N–H and O–H groups in total. The van der Waals surface area contributed by atoms with E-state index in [9.17, 15) is 68.1 Å². The maximum Gasteiger partial charge on any atom is 0.224 e. The van der Waals surface area contributed by atoms with Crippen LogP contribution in [-0.2, 0) is 59.2 Å². The van der Waals surface area contributed by atoms with Gasteiger partial charge in [0, 0.05) is 80.7 Å². The third kappa shape index (κ3) is 36.6. The molecule has 0 spiro atoms. The van der Waals surface area contributed by atoms with Gasteiger partial charge in [-0.3, -0.25) is 62.7 Å². The van der Waals surface area contributed by atoms with Crippen LogP contribution in [0.25, 0.3) is 0 Å². The van der Waals surface area contributed by atoms with Gasteiger partial charge in [-0.2, -0.15) is 11.8 Å². The SMILES string of the molecule is CSCC[C@H](CC(=O)[C@H](CO)NC(=O)[C@@H](CC(=O)[C@H](CC(C)C)NC(=O)[C@@H](C)CCCCN)CC1CCCCC1)C(=O)N[C@H](C(=O)C[C@@H](CCCN=C(N)N)C(=O)N[C@@H](CCCCN)C(=O)C[C@@H](Cc1ccc(O)cc1)C(=O)N[C@@H](CCCN=C(N)N)C(=O)C[C@@H](CC(C)C)C(N)=O)[C@@H](C)O. The topological polar surface area (TPSA) is 515 Å². The highest BCUT2D eigenvalue weighted by atomic mass is 32.2. The Labute approximate surface area is 602 Å². The lowest BCUT2D eigenvalue weighted by molar-refractivity contribution is -0.137. The molecule has 0 aliphatic heterocycles. The lowest BCUT2D eigenvalue weighted by Crippen LogP contribution is -2.52. The van der Waals surface area contributed by atoms with E-state index in [1.54, 1.807) is 25.3 Å². The Bertz CT molecular complexity index is 2810. The normalized spacial score (nSPS) is 16.1. The summed E-state index contributed by atoms with van der Waals surface area (Å²) in [6.45, 7) is 10.7. The van der Waals surface area contributed by atoms with Gasteiger partial charge in [0.25, 0.3) is 0 Å². The summed E-state index contributed by atoms with van der Waals surface area (Å²) >= 11 is 1.37. The van der Waals surface area contributed by atoms with Gasteiger partial charge in [-0.05, 0) is 157 Å². The molecule has 0 bridgehead atoms. The van der Waals surface area contributed by atoms with Crippen LogP contribution < -0.4 is 66.7 Å². The number of phenolic OH excluding ortho intramolecular Hbond substituents is 1. The molecule has 0 saturated heterocycles. The van der Waals surface area contributed by atoms with Gasteiger partial charge in [0.2, 0.25) is 35.4 Å². The zero-order valence-corrected chi connectivity index (χ0v) is 61.9. The Morgan fingerprint density at radius 3 is 1.48 bits per heavy atom. The van der Waals surface area contributed by atoms with Crippen LogP contribution >= 0.6 is 11.8 Å². The summed E-state index contributed by atoms with van der Waals surface area (Å²) in [4.78, 5) is 164. The van der Waals surface area contributed by atoms with Crippen molar-refractivity contribution >= 4 is 88.0 Å². The summed E-state index contributed by atoms with van der Waals surface area (Å²) in [7, 11) is 0. The number of amides is 6. The predicted octanol–water partition coefficient (Wildman–Crippen LogP) is 2.91. The average molecular weight is 1440 g/mol. The number of aliphatic imine (C=N–C) groups is 2. The fraction of sp³-hybridized carbons (Fsp3) is 0.736. The third-order valence-corrected chi connectivity index (χ3v) is 19.2. The van der Waals surface area contributed by atoms with E-state index >= 15 is 0 Å². The first kappa shape index (κ1) is 90.0. The Hall–Kier alpha value is -7.08. The number of unbranched alkanes of at least 4 members (excludes halogenated alkanes) is 2. The van der Waals surface area contributed by atoms with Crippen LogP contribution in [0.15, 0.2) is 34.3 Å². The highest BCUT2D eigenvalue weighted by Gasteiger charge is 2.38. The van der Waals surface area contributed by atoms with Gasteiger partial charge in [0.05, 0.1) is 30.8 Å². The molecule has 0 aromatic heterocycles. The fourth-order valence-electron chi connectivity index (χ4n) is 12.8. The molecule has 1 aliphatic rings. The van der Waals surface area contributed by atoms with Crippen molar-refractivity contribution in [1.29, 1.82) is 0 Å². The molecule has 0 unspecified atom stereocenters. The number of thioether (sulfide) groups is 1. The average Bonchev–Trinajstić information content (AvgIpc) is 0.860. The van der Waals surface area contributed by atoms with Crippen LogP contribution in [0.1, 0.15) is 201 Å². The largest absolute Gasteiger partial charge is 0.508 e. The zero-order valence-electron chi connectivity index (χ0n) is 61.1. The second-order valence-corrected chi connectivity index (χ2v) is 29.4. The quantitative estimate of drug-likeness (QED) is 0.0253. The van der Waals surface area contributed by atoms with Crippen molar-refractivity contribution in [2.45, 2.75) is 238 Å². The van der Waals surface area contributed by atoms with Crippen molar-refractivity contribution in [1.82, 2.24) is 26.6 Å². The third-order valence-electron chi connectivity index (χ3n) is 18.6. The first-order chi connectivity index (χ1) is 47.8. The number of nitrogens with zero attached hydrogens (tertiary/aromatic N) is 2. The van der Waals surface area contributed by atoms with Gasteiger partial charge >= 0.3 is 0 Å². The number of nitrogens with two attached hydrogens (primary N) is 7. The van der Waals surface area contributed by atoms with Crippen LogP contribution in [0.4, 0.5) is 0 Å². The molecule has 1 fully saturated rings. The van der Waals surface area contributed by atoms with Gasteiger partial charge in [-0.15, -0.1) is 0 Å². The number of nitrogens with one attached hydrogen (secondary N) is 5. The molecule has 0 radical (unpaired) electrons. The van der Waals surface area contributed by atoms with Gasteiger partial charge in [0.15, 0.2) is 40.8 Å². The molecule has 12 atom stereocenters. The number of aromatic hydroxyl groups is 1. The molecule has 28 nitrogen and oxygen atoms in total. The predicted molar refractivity (Wildman–Crippen MR) is 393 cm³/mol. The van der Waals surface area contributed by atoms with E-state index in [4.69, 9.17) is 40.1 Å². The number of aliphatic hydroxyl groups is 2. The van der Waals surface area contributed by atoms with Gasteiger partial charge in [-0.25, -0.2) is 0 Å². The number of primary amides is 1. The minimum absolute atomic E-state index is 0.00685. The van der Waals surface area contributed by atoms with Crippen molar-refractivity contribution < 1.29 is 68.1 Å². The summed E-state index contributed by atoms with van der Waals surface area (Å²) in [5, 5.41) is 46.0. The number of rotatable bonds is 55. The maximum absolute atomic E-state index is 14.8. The molecule has 6 amide bonds. The van der Waals surface area contributed by atoms with Crippen molar-refractivity contribution in [3.05, 3.63) is 29.8 Å². The second-order valence-electron chi connectivity index (χ2n) is 28.4. The minimum atomic E-state index is -1.64. The van der Waals surface area contributed by atoms with E-state index in [1.807, 2.05) is 27.7 Å². The summed E-state index contributed by atoms with van der Waals surface area (Å²) in [5.41, 5.74) is 40.2. The Morgan fingerprint density at radius 2 is 0.950 bits per heavy atom. The number of ketones is 5. The summed E-state index contributed by atoms with van der Waals surface area (Å²) in [6.07, 6.45) is 7.05. The first-order valence-electron chi connectivity index (χ1n) is 36.4. The molecule has 2 rings (SSSR count). The van der Waals surface area contributed by atoms with Crippen LogP contribution in [0.3, 0.4) is 0 Å². The molecule has 1 aromatic carbocycles. The number of benzene rings is 1. The molecule has 0 heterocycles. The van der Waals surface area contributed by atoms with Crippen molar-refractivity contribution in [2.24, 2.45) is 103 Å². The molecule has 572 valence electrons. The van der Waals surface area contributed by atoms with E-state index < -0.39 is 144 Å². The number of aliphatic hydroxyl groups excluding tert-OH is 2. The number of carbonyl (C=O) groups is 11. The van der Waals surface area contributed by atoms with Crippen LogP contribution in [-0.4, -0.2) is 173 Å². The van der Waals surface area contributed by atoms with Crippen LogP contribution in [0, 0.1) is 53.3 Å². The molecule has 1 aliphatic carbocycles. The monoisotopic (exact) mass is 1440 g/mol. The standard InChI is InChI=1S/C72H124N14O14S/c1-43(2)33-51(65(75)95)39-59(90)56(22-16-31-81-72(78)79)83-69(99)53(36-48-23-25-54(89)26-24-48)40-60(91)55(21-12-14-29-74)82-67(97)49(20-15-30-80-71(76)77)38-63(94)64(46(6)88)86-68(98)50(27-32-101-7)37-62(93)58(42-87)85-70(100)52(35-47-18-9-8-10-19-47)41-61(92)57(34-44(3)4)84-66(96)45(5)17-11-13-28-73/h23-26,43-47,49-53,55-58,64,87-89H,8-22,27-42,73-74H2,1-7H3,(H2,75,95)(H,82,97)(H,83,99)(H,84,96)(H,85,100)(H,86,98)(H4,76,77,80)(H4,78,79,81)/t45-,46+,49+,50+,51+,52+,53+,55-,56-,57-,58-,64-/m0/s1. The van der Waals surface area contributed by atoms with E-state index in [2.05, 4.69) is 36.6 Å². The highest BCUT2D eigenvalue weighted by molar-refractivity contribution is 7.98. The molecule has 101 heavy (non-hydrogen) atoms. The van der Waals surface area contributed by atoms with E-state index in [0.717, 1.165) is 44.9 Å². The summed E-state index contributed by atoms with van der Waals surface area (Å²) in [6, 6.07) is -0.489. The number of hydrogen-bond donors (Lipinski definition) is 15. The molecule has 1 saturated carbocycles. The second kappa shape index (κ2) is 49.5. The summed E-state index contributed by atoms with van der Waals surface area (Å²) in [5.74, 6) is -12.4. The molecule has 1 aromatic rings. The van der Waals surface area contributed by atoms with Gasteiger partial charge in [-0.1, -0.05) is 85.3 Å². The van der Waals surface area contributed by atoms with Gasteiger partial charge < -0.3 is 82.0 Å². The first-order valence-corrected chi connectivity index (χ1v) is 37.7. The number of guanidine groups is 2. The van der Waals surface area contributed by atoms with Gasteiger partial charge in [0.1, 0.15) is 17.8 Å². The number of carbonyl (C=O) groups excluding carboxylic acids is 11. The van der Waals surface area contributed by atoms with E-state index in [0.29, 0.717) is 56.4 Å². The fourth-order valence-corrected chi connectivity index (χ4v) is 13.3.